The molecule has 1 aliphatic carbocycles. The molecule has 0 bridgehead atoms. The van der Waals surface area contributed by atoms with Crippen LogP contribution < -0.4 is 5.32 Å². The third-order valence-electron chi connectivity index (χ3n) is 6.93. The highest BCUT2D eigenvalue weighted by atomic mass is 32.1. The number of carbonyl (C=O) groups is 1. The number of amides is 1. The van der Waals surface area contributed by atoms with Gasteiger partial charge in [0, 0.05) is 38.8 Å². The zero-order chi connectivity index (χ0) is 20.8. The van der Waals surface area contributed by atoms with Crippen molar-refractivity contribution < 1.29 is 4.79 Å². The van der Waals surface area contributed by atoms with Crippen LogP contribution in [0, 0.1) is 5.41 Å². The van der Waals surface area contributed by atoms with Crippen molar-refractivity contribution in [1.82, 2.24) is 15.1 Å². The molecule has 3 heterocycles. The molecule has 3 aliphatic rings. The molecule has 0 aromatic carbocycles. The fraction of sp³-hybridized carbons (Fsp3) is 0.583. The first-order valence-corrected chi connectivity index (χ1v) is 12.7. The van der Waals surface area contributed by atoms with Crippen LogP contribution in [0.2, 0.25) is 0 Å². The zero-order valence-corrected chi connectivity index (χ0v) is 19.4. The van der Waals surface area contributed by atoms with Crippen molar-refractivity contribution in [2.45, 2.75) is 51.4 Å². The SMILES string of the molecule is O=C(/C=C/c1ccsc1)N1CCC2(CC1)CCN(C(=S)NCCC1=CCCCC1)C2. The first-order valence-electron chi connectivity index (χ1n) is 11.3. The van der Waals surface area contributed by atoms with Gasteiger partial charge in [-0.2, -0.15) is 11.3 Å². The Kier molecular flexibility index (Phi) is 7.26. The van der Waals surface area contributed by atoms with E-state index in [9.17, 15) is 4.79 Å². The summed E-state index contributed by atoms with van der Waals surface area (Å²) < 4.78 is 0. The number of carbonyl (C=O) groups excluding carboxylic acids is 1. The topological polar surface area (TPSA) is 35.6 Å². The predicted octanol–water partition coefficient (Wildman–Crippen LogP) is 4.84. The minimum atomic E-state index is 0.139. The molecule has 2 fully saturated rings. The van der Waals surface area contributed by atoms with Gasteiger partial charge in [0.2, 0.25) is 5.91 Å². The Bertz CT molecular complexity index is 791. The number of rotatable bonds is 5. The van der Waals surface area contributed by atoms with Gasteiger partial charge in [0.05, 0.1) is 0 Å². The van der Waals surface area contributed by atoms with E-state index in [1.165, 1.54) is 32.1 Å². The van der Waals surface area contributed by atoms with Crippen LogP contribution >= 0.6 is 23.6 Å². The lowest BCUT2D eigenvalue weighted by Gasteiger charge is -2.39. The molecule has 4 nitrogen and oxygen atoms in total. The van der Waals surface area contributed by atoms with Crippen molar-refractivity contribution in [1.29, 1.82) is 0 Å². The average Bonchev–Trinajstić information content (AvgIpc) is 3.44. The molecule has 162 valence electrons. The average molecular weight is 444 g/mol. The van der Waals surface area contributed by atoms with Crippen LogP contribution in [0.4, 0.5) is 0 Å². The summed E-state index contributed by atoms with van der Waals surface area (Å²) in [5.41, 5.74) is 3.03. The van der Waals surface area contributed by atoms with Gasteiger partial charge >= 0.3 is 0 Å². The van der Waals surface area contributed by atoms with Crippen molar-refractivity contribution >= 4 is 40.7 Å². The summed E-state index contributed by atoms with van der Waals surface area (Å²) in [6.07, 6.45) is 15.7. The summed E-state index contributed by atoms with van der Waals surface area (Å²) in [5, 5.41) is 8.51. The Labute approximate surface area is 190 Å². The van der Waals surface area contributed by atoms with Gasteiger partial charge in [-0.05, 0) is 97.5 Å². The molecule has 2 aliphatic heterocycles. The molecule has 1 N–H and O–H groups in total. The first kappa shape index (κ1) is 21.6. The maximum Gasteiger partial charge on any atom is 0.246 e. The molecular formula is C24H33N3OS2. The van der Waals surface area contributed by atoms with Crippen molar-refractivity contribution in [2.75, 3.05) is 32.7 Å². The third-order valence-corrected chi connectivity index (χ3v) is 8.03. The van der Waals surface area contributed by atoms with Crippen LogP contribution in [0.25, 0.3) is 6.08 Å². The largest absolute Gasteiger partial charge is 0.362 e. The summed E-state index contributed by atoms with van der Waals surface area (Å²) in [6.45, 7) is 4.74. The second kappa shape index (κ2) is 10.1. The smallest absolute Gasteiger partial charge is 0.246 e. The summed E-state index contributed by atoms with van der Waals surface area (Å²) in [5.74, 6) is 0.139. The monoisotopic (exact) mass is 443 g/mol. The van der Waals surface area contributed by atoms with E-state index in [-0.39, 0.29) is 5.91 Å². The summed E-state index contributed by atoms with van der Waals surface area (Å²) >= 11 is 7.35. The van der Waals surface area contributed by atoms with Crippen molar-refractivity contribution in [3.8, 4) is 0 Å². The number of thiocarbonyl (C=S) groups is 1. The van der Waals surface area contributed by atoms with Gasteiger partial charge in [-0.3, -0.25) is 4.79 Å². The molecule has 2 saturated heterocycles. The van der Waals surface area contributed by atoms with Gasteiger partial charge in [0.15, 0.2) is 5.11 Å². The van der Waals surface area contributed by atoms with Gasteiger partial charge in [-0.25, -0.2) is 0 Å². The number of nitrogens with one attached hydrogen (secondary N) is 1. The fourth-order valence-corrected chi connectivity index (χ4v) is 5.82. The van der Waals surface area contributed by atoms with Crippen molar-refractivity contribution in [3.63, 3.8) is 0 Å². The lowest BCUT2D eigenvalue weighted by Crippen LogP contribution is -2.45. The van der Waals surface area contributed by atoms with Crippen LogP contribution in [0.5, 0.6) is 0 Å². The van der Waals surface area contributed by atoms with Gasteiger partial charge in [-0.15, -0.1) is 0 Å². The molecule has 1 amide bonds. The lowest BCUT2D eigenvalue weighted by molar-refractivity contribution is -0.128. The Morgan fingerprint density at radius 1 is 1.20 bits per heavy atom. The van der Waals surface area contributed by atoms with E-state index in [0.717, 1.165) is 62.7 Å². The lowest BCUT2D eigenvalue weighted by atomic mass is 9.78. The minimum Gasteiger partial charge on any atom is -0.362 e. The highest BCUT2D eigenvalue weighted by Crippen LogP contribution is 2.40. The second-order valence-corrected chi connectivity index (χ2v) is 10.1. The standard InChI is InChI=1S/C24H33N3OS2/c28-22(7-6-21-9-17-30-18-21)26-14-10-24(11-15-26)12-16-27(19-24)23(29)25-13-8-20-4-2-1-3-5-20/h4,6-7,9,17-18H,1-3,5,8,10-16,19H2,(H,25,29)/b7-6+. The molecule has 0 atom stereocenters. The van der Waals surface area contributed by atoms with Crippen LogP contribution in [-0.2, 0) is 4.79 Å². The molecular weight excluding hydrogens is 410 g/mol. The van der Waals surface area contributed by atoms with E-state index in [0.29, 0.717) is 5.41 Å². The van der Waals surface area contributed by atoms with Crippen LogP contribution in [0.15, 0.2) is 34.6 Å². The molecule has 4 rings (SSSR count). The number of piperidine rings is 1. The van der Waals surface area contributed by atoms with E-state index in [2.05, 4.69) is 21.7 Å². The zero-order valence-electron chi connectivity index (χ0n) is 17.8. The van der Waals surface area contributed by atoms with Gasteiger partial charge in [-0.1, -0.05) is 11.6 Å². The summed E-state index contributed by atoms with van der Waals surface area (Å²) in [7, 11) is 0. The highest BCUT2D eigenvalue weighted by Gasteiger charge is 2.41. The van der Waals surface area contributed by atoms with Crippen molar-refractivity contribution in [2.24, 2.45) is 5.41 Å². The van der Waals surface area contributed by atoms with E-state index < -0.39 is 0 Å². The quantitative estimate of drug-likeness (QED) is 0.401. The summed E-state index contributed by atoms with van der Waals surface area (Å²) in [6, 6.07) is 2.04. The second-order valence-electron chi connectivity index (χ2n) is 8.98. The molecule has 0 saturated carbocycles. The normalized spacial score (nSPS) is 21.3. The Hall–Kier alpha value is -1.66. The van der Waals surface area contributed by atoms with E-state index in [4.69, 9.17) is 12.2 Å². The van der Waals surface area contributed by atoms with E-state index in [1.807, 2.05) is 22.4 Å². The molecule has 1 aromatic heterocycles. The molecule has 1 aromatic rings. The van der Waals surface area contributed by atoms with Gasteiger partial charge in [0.25, 0.3) is 0 Å². The predicted molar refractivity (Wildman–Crippen MR) is 130 cm³/mol. The van der Waals surface area contributed by atoms with Crippen LogP contribution in [-0.4, -0.2) is 53.5 Å². The Morgan fingerprint density at radius 2 is 2.00 bits per heavy atom. The maximum absolute atomic E-state index is 12.5. The minimum absolute atomic E-state index is 0.139. The van der Waals surface area contributed by atoms with Gasteiger partial charge < -0.3 is 15.1 Å². The number of hydrogen-bond donors (Lipinski definition) is 1. The van der Waals surface area contributed by atoms with Crippen molar-refractivity contribution in [3.05, 3.63) is 40.1 Å². The van der Waals surface area contributed by atoms with E-state index >= 15 is 0 Å². The molecule has 1 spiro atoms. The number of allylic oxidation sites excluding steroid dienone is 1. The first-order chi connectivity index (χ1) is 14.6. The van der Waals surface area contributed by atoms with Gasteiger partial charge in [0.1, 0.15) is 0 Å². The fourth-order valence-electron chi connectivity index (χ4n) is 4.93. The summed E-state index contributed by atoms with van der Waals surface area (Å²) in [4.78, 5) is 16.9. The van der Waals surface area contributed by atoms with E-state index in [1.54, 1.807) is 23.0 Å². The highest BCUT2D eigenvalue weighted by molar-refractivity contribution is 7.80. The third kappa shape index (κ3) is 5.52. The Balaban J connectivity index is 1.20. The Morgan fingerprint density at radius 3 is 2.70 bits per heavy atom. The molecule has 30 heavy (non-hydrogen) atoms. The number of nitrogens with zero attached hydrogens (tertiary/aromatic N) is 2. The number of likely N-dealkylation sites (tertiary alicyclic amines) is 2. The molecule has 6 heteroatoms. The molecule has 0 radical (unpaired) electrons. The number of thiophene rings is 1. The number of hydrogen-bond acceptors (Lipinski definition) is 3. The maximum atomic E-state index is 12.5. The van der Waals surface area contributed by atoms with Crippen LogP contribution in [0.1, 0.15) is 56.9 Å². The molecule has 0 unspecified atom stereocenters. The van der Waals surface area contributed by atoms with Crippen LogP contribution in [0.3, 0.4) is 0 Å².